The predicted octanol–water partition coefficient (Wildman–Crippen LogP) is 1.57. The van der Waals surface area contributed by atoms with Crippen LogP contribution in [0.1, 0.15) is 0 Å². The van der Waals surface area contributed by atoms with Gasteiger partial charge >= 0.3 is 0 Å². The van der Waals surface area contributed by atoms with Crippen molar-refractivity contribution in [2.24, 2.45) is 0 Å². The molecule has 44 valence electrons. The third-order valence-corrected chi connectivity index (χ3v) is 0.916. The van der Waals surface area contributed by atoms with Gasteiger partial charge < -0.3 is 9.47 Å². The van der Waals surface area contributed by atoms with Crippen molar-refractivity contribution < 1.29 is 9.47 Å². The van der Waals surface area contributed by atoms with Crippen LogP contribution in [0.3, 0.4) is 0 Å². The highest BCUT2D eigenvalue weighted by atomic mass is 127. The van der Waals surface area contributed by atoms with Crippen molar-refractivity contribution in [2.45, 2.75) is 0 Å². The van der Waals surface area contributed by atoms with Gasteiger partial charge in [0.25, 0.3) is 0 Å². The van der Waals surface area contributed by atoms with Gasteiger partial charge in [0.15, 0.2) is 0 Å². The maximum absolute atomic E-state index is 5.13. The van der Waals surface area contributed by atoms with Crippen molar-refractivity contribution in [2.75, 3.05) is 17.5 Å². The average molecular weight is 236 g/mol. The number of hydrogen-bond donors (Lipinski definition) is 0. The minimum atomic E-state index is 0.205. The first-order chi connectivity index (χ1) is 3.41. The highest BCUT2D eigenvalue weighted by Crippen LogP contribution is 1.85. The second-order valence-corrected chi connectivity index (χ2v) is 1.59. The second-order valence-electron chi connectivity index (χ2n) is 0.744. The lowest BCUT2D eigenvalue weighted by molar-refractivity contribution is -0.0146. The van der Waals surface area contributed by atoms with E-state index in [2.05, 4.69) is 27.3 Å². The van der Waals surface area contributed by atoms with Crippen molar-refractivity contribution in [1.29, 1.82) is 0 Å². The van der Waals surface area contributed by atoms with E-state index in [9.17, 15) is 0 Å². The minimum absolute atomic E-state index is 0.205. The molecule has 4 heteroatoms. The van der Waals surface area contributed by atoms with Crippen LogP contribution in [-0.4, -0.2) is 17.5 Å². The van der Waals surface area contributed by atoms with Crippen LogP contribution in [0.25, 0.3) is 0 Å². The fourth-order valence-electron chi connectivity index (χ4n) is 0.122. The summed E-state index contributed by atoms with van der Waals surface area (Å²) in [5.74, 6) is 0. The van der Waals surface area contributed by atoms with Crippen molar-refractivity contribution in [1.82, 2.24) is 0 Å². The first-order valence-electron chi connectivity index (χ1n) is 1.69. The third-order valence-electron chi connectivity index (χ3n) is 0.321. The SMILES string of the molecule is ClCOCOCI. The molecule has 0 rings (SSSR count). The summed E-state index contributed by atoms with van der Waals surface area (Å²) in [5.41, 5.74) is 0. The molecule has 0 radical (unpaired) electrons. The summed E-state index contributed by atoms with van der Waals surface area (Å²) in [5, 5.41) is 0. The molecule has 0 aromatic rings. The van der Waals surface area contributed by atoms with Crippen LogP contribution in [0.15, 0.2) is 0 Å². The summed E-state index contributed by atoms with van der Waals surface area (Å²) < 4.78 is 10.0. The zero-order valence-electron chi connectivity index (χ0n) is 3.69. The van der Waals surface area contributed by atoms with Crippen molar-refractivity contribution in [3.8, 4) is 0 Å². The summed E-state index contributed by atoms with van der Waals surface area (Å²) in [6, 6.07) is 0.205. The number of halogens is 2. The molecule has 0 atom stereocenters. The van der Waals surface area contributed by atoms with E-state index in [4.69, 9.17) is 16.3 Å². The molecule has 0 spiro atoms. The Balaban J connectivity index is 2.45. The second kappa shape index (κ2) is 6.94. The quantitative estimate of drug-likeness (QED) is 0.319. The Hall–Kier alpha value is 0.940. The van der Waals surface area contributed by atoms with Gasteiger partial charge in [0.2, 0.25) is 0 Å². The van der Waals surface area contributed by atoms with Crippen LogP contribution in [0, 0.1) is 0 Å². The average Bonchev–Trinajstić information content (AvgIpc) is 1.69. The molecule has 0 aromatic carbocycles. The Morgan fingerprint density at radius 3 is 2.57 bits per heavy atom. The van der Waals surface area contributed by atoms with Gasteiger partial charge in [-0.15, -0.1) is 0 Å². The van der Waals surface area contributed by atoms with E-state index >= 15 is 0 Å². The number of ether oxygens (including phenoxy) is 2. The molecule has 0 N–H and O–H groups in total. The maximum atomic E-state index is 5.13. The largest absolute Gasteiger partial charge is 0.345 e. The molecule has 2 nitrogen and oxygen atoms in total. The molecule has 0 aliphatic heterocycles. The third kappa shape index (κ3) is 6.94. The molecule has 0 aromatic heterocycles. The molecule has 0 bridgehead atoms. The Labute approximate surface area is 61.3 Å². The monoisotopic (exact) mass is 236 g/mol. The molecule has 0 saturated heterocycles. The summed E-state index contributed by atoms with van der Waals surface area (Å²) in [4.78, 5) is 0. The van der Waals surface area contributed by atoms with E-state index < -0.39 is 0 Å². The molecule has 0 fully saturated rings. The predicted molar refractivity (Wildman–Crippen MR) is 36.6 cm³/mol. The molecule has 7 heavy (non-hydrogen) atoms. The normalized spacial score (nSPS) is 9.43. The van der Waals surface area contributed by atoms with E-state index in [-0.39, 0.29) is 6.07 Å². The van der Waals surface area contributed by atoms with E-state index in [0.29, 0.717) is 11.4 Å². The van der Waals surface area contributed by atoms with Gasteiger partial charge in [-0.05, 0) is 0 Å². The summed E-state index contributed by atoms with van der Waals surface area (Å²) in [7, 11) is 0. The first-order valence-corrected chi connectivity index (χ1v) is 3.75. The molecular weight excluding hydrogens is 230 g/mol. The number of alkyl halides is 2. The van der Waals surface area contributed by atoms with E-state index in [1.165, 1.54) is 0 Å². The molecule has 0 unspecified atom stereocenters. The fourth-order valence-corrected chi connectivity index (χ4v) is 0.365. The summed E-state index contributed by atoms with van der Waals surface area (Å²) >= 11 is 7.21. The van der Waals surface area contributed by atoms with Gasteiger partial charge in [0.05, 0.1) is 0 Å². The zero-order valence-corrected chi connectivity index (χ0v) is 6.61. The Morgan fingerprint density at radius 2 is 2.14 bits per heavy atom. The van der Waals surface area contributed by atoms with Gasteiger partial charge in [-0.1, -0.05) is 34.2 Å². The Morgan fingerprint density at radius 1 is 1.43 bits per heavy atom. The molecule has 0 saturated carbocycles. The van der Waals surface area contributed by atoms with Crippen LogP contribution in [-0.2, 0) is 9.47 Å². The highest BCUT2D eigenvalue weighted by molar-refractivity contribution is 14.1. The van der Waals surface area contributed by atoms with Gasteiger partial charge in [-0.3, -0.25) is 0 Å². The summed E-state index contributed by atoms with van der Waals surface area (Å²) in [6.45, 7) is 0.298. The van der Waals surface area contributed by atoms with Crippen LogP contribution in [0.5, 0.6) is 0 Å². The molecule has 0 aliphatic rings. The standard InChI is InChI=1S/C3H6ClIO2/c4-1-6-3-7-2-5/h1-3H2. The van der Waals surface area contributed by atoms with Crippen LogP contribution in [0.4, 0.5) is 0 Å². The lowest BCUT2D eigenvalue weighted by Gasteiger charge is -1.95. The van der Waals surface area contributed by atoms with Crippen molar-refractivity contribution in [3.63, 3.8) is 0 Å². The Bertz CT molecular complexity index is 32.1. The van der Waals surface area contributed by atoms with Crippen molar-refractivity contribution in [3.05, 3.63) is 0 Å². The number of hydrogen-bond acceptors (Lipinski definition) is 2. The molecule has 0 amide bonds. The topological polar surface area (TPSA) is 18.5 Å². The fraction of sp³-hybridized carbons (Fsp3) is 1.00. The lowest BCUT2D eigenvalue weighted by Crippen LogP contribution is -1.94. The van der Waals surface area contributed by atoms with E-state index in [1.54, 1.807) is 0 Å². The molecular formula is C3H6ClIO2. The molecule has 0 heterocycles. The minimum Gasteiger partial charge on any atom is -0.345 e. The van der Waals surface area contributed by atoms with Crippen LogP contribution < -0.4 is 0 Å². The molecule has 0 aliphatic carbocycles. The smallest absolute Gasteiger partial charge is 0.149 e. The van der Waals surface area contributed by atoms with Crippen LogP contribution in [0.2, 0.25) is 0 Å². The van der Waals surface area contributed by atoms with Crippen molar-refractivity contribution >= 4 is 34.2 Å². The van der Waals surface area contributed by atoms with E-state index in [0.717, 1.165) is 0 Å². The van der Waals surface area contributed by atoms with Gasteiger partial charge in [-0.2, -0.15) is 0 Å². The highest BCUT2D eigenvalue weighted by Gasteiger charge is 1.78. The first kappa shape index (κ1) is 7.94. The van der Waals surface area contributed by atoms with Gasteiger partial charge in [0.1, 0.15) is 17.5 Å². The summed E-state index contributed by atoms with van der Waals surface area (Å²) in [6.07, 6.45) is 0. The maximum Gasteiger partial charge on any atom is 0.149 e. The number of rotatable bonds is 4. The zero-order chi connectivity index (χ0) is 5.54. The van der Waals surface area contributed by atoms with Gasteiger partial charge in [-0.25, -0.2) is 0 Å². The van der Waals surface area contributed by atoms with E-state index in [1.807, 2.05) is 0 Å². The van der Waals surface area contributed by atoms with Crippen LogP contribution >= 0.6 is 34.2 Å². The van der Waals surface area contributed by atoms with Gasteiger partial charge in [0, 0.05) is 0 Å². The lowest BCUT2D eigenvalue weighted by atomic mass is 11.4. The Kier molecular flexibility index (Phi) is 7.87.